The molecule has 0 spiro atoms. The largest absolute Gasteiger partial charge is 0.478 e. The highest BCUT2D eigenvalue weighted by Crippen LogP contribution is 2.26. The lowest BCUT2D eigenvalue weighted by atomic mass is 10.2. The number of nitrogens with one attached hydrogen (secondary N) is 1. The highest BCUT2D eigenvalue weighted by Gasteiger charge is 2.13. The van der Waals surface area contributed by atoms with Gasteiger partial charge in [-0.25, -0.2) is 18.6 Å². The fourth-order valence-electron chi connectivity index (χ4n) is 1.65. The van der Waals surface area contributed by atoms with E-state index in [0.717, 1.165) is 12.1 Å². The second-order valence-electron chi connectivity index (χ2n) is 4.06. The van der Waals surface area contributed by atoms with E-state index in [9.17, 15) is 13.6 Å². The van der Waals surface area contributed by atoms with Gasteiger partial charge in [0.1, 0.15) is 11.5 Å². The summed E-state index contributed by atoms with van der Waals surface area (Å²) in [5.74, 6) is -2.70. The zero-order chi connectivity index (χ0) is 14.9. The fraction of sp³-hybridized carbons (Fsp3) is 0.0769. The van der Waals surface area contributed by atoms with Crippen molar-refractivity contribution in [2.45, 2.75) is 6.92 Å². The van der Waals surface area contributed by atoms with Crippen LogP contribution in [0, 0.1) is 18.6 Å². The minimum absolute atomic E-state index is 0.0158. The van der Waals surface area contributed by atoms with E-state index in [2.05, 4.69) is 26.2 Å². The van der Waals surface area contributed by atoms with Crippen molar-refractivity contribution in [3.8, 4) is 0 Å². The third-order valence-electron chi connectivity index (χ3n) is 2.46. The molecule has 1 aromatic heterocycles. The number of hydrogen-bond acceptors (Lipinski definition) is 3. The van der Waals surface area contributed by atoms with Gasteiger partial charge in [0.15, 0.2) is 11.6 Å². The Morgan fingerprint density at radius 2 is 1.85 bits per heavy atom. The van der Waals surface area contributed by atoms with Crippen molar-refractivity contribution in [3.05, 3.63) is 51.6 Å². The van der Waals surface area contributed by atoms with Crippen LogP contribution in [0.25, 0.3) is 0 Å². The molecule has 0 saturated heterocycles. The number of pyridine rings is 1. The van der Waals surface area contributed by atoms with Gasteiger partial charge in [-0.1, -0.05) is 15.9 Å². The van der Waals surface area contributed by atoms with Gasteiger partial charge < -0.3 is 10.4 Å². The molecular formula is C13H9BrF2N2O2. The van der Waals surface area contributed by atoms with Crippen LogP contribution in [0.1, 0.15) is 16.1 Å². The Hall–Kier alpha value is -2.02. The molecule has 0 amide bonds. The molecule has 0 aliphatic heterocycles. The first-order chi connectivity index (χ1) is 9.36. The van der Waals surface area contributed by atoms with Gasteiger partial charge in [-0.15, -0.1) is 0 Å². The van der Waals surface area contributed by atoms with E-state index in [1.165, 1.54) is 12.1 Å². The number of benzene rings is 1. The normalized spacial score (nSPS) is 10.4. The molecule has 2 rings (SSSR count). The molecule has 7 heteroatoms. The van der Waals surface area contributed by atoms with E-state index in [0.29, 0.717) is 5.69 Å². The molecule has 0 aliphatic rings. The standard InChI is InChI=1S/C13H9BrF2N2O2/c1-6-2-7(13(19)20)3-11(17-6)18-12-9(15)4-8(14)5-10(12)16/h2-5H,1H3,(H,17,18)(H,19,20). The van der Waals surface area contributed by atoms with Crippen molar-refractivity contribution in [1.82, 2.24) is 4.98 Å². The van der Waals surface area contributed by atoms with Crippen molar-refractivity contribution in [1.29, 1.82) is 0 Å². The highest BCUT2D eigenvalue weighted by molar-refractivity contribution is 9.10. The van der Waals surface area contributed by atoms with E-state index < -0.39 is 17.6 Å². The van der Waals surface area contributed by atoms with Crippen LogP contribution in [-0.4, -0.2) is 16.1 Å². The van der Waals surface area contributed by atoms with Crippen molar-refractivity contribution in [2.75, 3.05) is 5.32 Å². The number of carboxylic acid groups (broad SMARTS) is 1. The predicted molar refractivity (Wildman–Crippen MR) is 73.3 cm³/mol. The molecule has 20 heavy (non-hydrogen) atoms. The number of aryl methyl sites for hydroxylation is 1. The van der Waals surface area contributed by atoms with Crippen molar-refractivity contribution in [3.63, 3.8) is 0 Å². The minimum Gasteiger partial charge on any atom is -0.478 e. The summed E-state index contributed by atoms with van der Waals surface area (Å²) >= 11 is 2.97. The zero-order valence-corrected chi connectivity index (χ0v) is 11.8. The molecule has 0 radical (unpaired) electrons. The molecule has 1 aromatic carbocycles. The van der Waals surface area contributed by atoms with Crippen molar-refractivity contribution >= 4 is 33.4 Å². The quantitative estimate of drug-likeness (QED) is 0.888. The average Bonchev–Trinajstić information content (AvgIpc) is 2.33. The van der Waals surface area contributed by atoms with Gasteiger partial charge in [-0.3, -0.25) is 0 Å². The predicted octanol–water partition coefficient (Wildman–Crippen LogP) is 3.87. The Balaban J connectivity index is 2.42. The third-order valence-corrected chi connectivity index (χ3v) is 2.92. The SMILES string of the molecule is Cc1cc(C(=O)O)cc(Nc2c(F)cc(Br)cc2F)n1. The second-order valence-corrected chi connectivity index (χ2v) is 4.97. The first-order valence-electron chi connectivity index (χ1n) is 5.50. The molecule has 0 unspecified atom stereocenters. The molecule has 0 bridgehead atoms. The van der Waals surface area contributed by atoms with E-state index >= 15 is 0 Å². The highest BCUT2D eigenvalue weighted by atomic mass is 79.9. The maximum atomic E-state index is 13.7. The van der Waals surface area contributed by atoms with E-state index in [4.69, 9.17) is 5.11 Å². The topological polar surface area (TPSA) is 62.2 Å². The van der Waals surface area contributed by atoms with Gasteiger partial charge in [0.25, 0.3) is 0 Å². The van der Waals surface area contributed by atoms with Crippen LogP contribution in [0.5, 0.6) is 0 Å². The second kappa shape index (κ2) is 5.54. The van der Waals surface area contributed by atoms with Crippen LogP contribution >= 0.6 is 15.9 Å². The van der Waals surface area contributed by atoms with E-state index in [1.54, 1.807) is 6.92 Å². The van der Waals surface area contributed by atoms with E-state index in [1.807, 2.05) is 0 Å². The minimum atomic E-state index is -1.14. The summed E-state index contributed by atoms with van der Waals surface area (Å²) < 4.78 is 27.6. The van der Waals surface area contributed by atoms with Gasteiger partial charge in [-0.05, 0) is 31.2 Å². The Kier molecular flexibility index (Phi) is 3.99. The summed E-state index contributed by atoms with van der Waals surface area (Å²) in [5.41, 5.74) is 0.0193. The van der Waals surface area contributed by atoms with Gasteiger partial charge in [-0.2, -0.15) is 0 Å². The first kappa shape index (κ1) is 14.4. The lowest BCUT2D eigenvalue weighted by molar-refractivity contribution is 0.0696. The molecule has 2 aromatic rings. The summed E-state index contributed by atoms with van der Waals surface area (Å²) in [5, 5.41) is 11.4. The number of aromatic carboxylic acids is 1. The van der Waals surface area contributed by atoms with Crippen molar-refractivity contribution in [2.24, 2.45) is 0 Å². The third kappa shape index (κ3) is 3.11. The summed E-state index contributed by atoms with van der Waals surface area (Å²) in [4.78, 5) is 14.9. The molecule has 0 fully saturated rings. The maximum absolute atomic E-state index is 13.7. The number of anilines is 2. The Labute approximate surface area is 121 Å². The van der Waals surface area contributed by atoms with Crippen molar-refractivity contribution < 1.29 is 18.7 Å². The number of carboxylic acids is 1. The van der Waals surface area contributed by atoms with Gasteiger partial charge in [0.2, 0.25) is 0 Å². The van der Waals surface area contributed by atoms with Crippen LogP contribution < -0.4 is 5.32 Å². The van der Waals surface area contributed by atoms with Crippen LogP contribution in [0.15, 0.2) is 28.7 Å². The lowest BCUT2D eigenvalue weighted by Gasteiger charge is -2.10. The summed E-state index contributed by atoms with van der Waals surface area (Å²) in [6.45, 7) is 1.59. The molecule has 2 N–H and O–H groups in total. The Bertz CT molecular complexity index is 669. The molecule has 104 valence electrons. The van der Waals surface area contributed by atoms with Gasteiger partial charge in [0, 0.05) is 10.2 Å². The molecule has 0 atom stereocenters. The van der Waals surface area contributed by atoms with Gasteiger partial charge in [0.05, 0.1) is 5.56 Å². The summed E-state index contributed by atoms with van der Waals surface area (Å²) in [6, 6.07) is 4.76. The molecule has 1 heterocycles. The number of rotatable bonds is 3. The first-order valence-corrected chi connectivity index (χ1v) is 6.29. The molecular weight excluding hydrogens is 334 g/mol. The Morgan fingerprint density at radius 3 is 2.40 bits per heavy atom. The zero-order valence-electron chi connectivity index (χ0n) is 10.2. The fourth-order valence-corrected chi connectivity index (χ4v) is 2.05. The number of nitrogens with zero attached hydrogens (tertiary/aromatic N) is 1. The summed E-state index contributed by atoms with van der Waals surface area (Å²) in [6.07, 6.45) is 0. The molecule has 0 aliphatic carbocycles. The monoisotopic (exact) mass is 342 g/mol. The number of carbonyl (C=O) groups is 1. The maximum Gasteiger partial charge on any atom is 0.335 e. The summed E-state index contributed by atoms with van der Waals surface area (Å²) in [7, 11) is 0. The van der Waals surface area contributed by atoms with Crippen LogP contribution in [-0.2, 0) is 0 Å². The number of aromatic nitrogens is 1. The smallest absolute Gasteiger partial charge is 0.335 e. The van der Waals surface area contributed by atoms with E-state index in [-0.39, 0.29) is 21.5 Å². The van der Waals surface area contributed by atoms with Crippen LogP contribution in [0.2, 0.25) is 0 Å². The molecule has 0 saturated carbocycles. The average molecular weight is 343 g/mol. The van der Waals surface area contributed by atoms with Crippen LogP contribution in [0.4, 0.5) is 20.3 Å². The lowest BCUT2D eigenvalue weighted by Crippen LogP contribution is -2.04. The van der Waals surface area contributed by atoms with Crippen LogP contribution in [0.3, 0.4) is 0 Å². The Morgan fingerprint density at radius 1 is 1.25 bits per heavy atom. The number of hydrogen-bond donors (Lipinski definition) is 2. The number of halogens is 3. The molecule has 4 nitrogen and oxygen atoms in total. The van der Waals surface area contributed by atoms with Gasteiger partial charge >= 0.3 is 5.97 Å².